The molecule has 3 heteroatoms. The molecule has 1 aromatic carbocycles. The van der Waals surface area contributed by atoms with Gasteiger partial charge in [-0.15, -0.1) is 0 Å². The normalized spacial score (nSPS) is 10.6. The molecule has 14 heavy (non-hydrogen) atoms. The van der Waals surface area contributed by atoms with Crippen molar-refractivity contribution in [3.8, 4) is 0 Å². The van der Waals surface area contributed by atoms with E-state index in [-0.39, 0.29) is 0 Å². The van der Waals surface area contributed by atoms with Gasteiger partial charge >= 0.3 is 5.97 Å². The summed E-state index contributed by atoms with van der Waals surface area (Å²) >= 11 is 0. The smallest absolute Gasteiger partial charge is 0.307 e. The topological polar surface area (TPSA) is 53.1 Å². The van der Waals surface area contributed by atoms with E-state index in [9.17, 15) is 4.79 Å². The molecule has 0 atom stereocenters. The number of fused-ring (bicyclic) bond motifs is 1. The molecule has 0 bridgehead atoms. The molecule has 1 radical (unpaired) electrons. The molecule has 0 unspecified atom stereocenters. The number of nitrogens with one attached hydrogen (secondary N) is 1. The van der Waals surface area contributed by atoms with E-state index in [1.165, 1.54) is 6.42 Å². The zero-order valence-corrected chi connectivity index (χ0v) is 7.53. The van der Waals surface area contributed by atoms with Gasteiger partial charge in [0.05, 0.1) is 6.42 Å². The average molecular weight is 188 g/mol. The Bertz CT molecular complexity index is 459. The van der Waals surface area contributed by atoms with Crippen molar-refractivity contribution in [2.45, 2.75) is 6.42 Å². The maximum Gasteiger partial charge on any atom is 0.307 e. The molecule has 3 nitrogen and oxygen atoms in total. The Kier molecular flexibility index (Phi) is 2.23. The Morgan fingerprint density at radius 1 is 1.43 bits per heavy atom. The molecule has 1 aromatic heterocycles. The van der Waals surface area contributed by atoms with E-state index < -0.39 is 5.97 Å². The van der Waals surface area contributed by atoms with Gasteiger partial charge < -0.3 is 10.1 Å². The number of aromatic nitrogens is 1. The predicted molar refractivity (Wildman–Crippen MR) is 53.9 cm³/mol. The summed E-state index contributed by atoms with van der Waals surface area (Å²) < 4.78 is 0. The zero-order chi connectivity index (χ0) is 9.97. The van der Waals surface area contributed by atoms with Gasteiger partial charge in [0, 0.05) is 17.1 Å². The third kappa shape index (κ3) is 1.62. The van der Waals surface area contributed by atoms with Crippen LogP contribution in [-0.2, 0) is 11.2 Å². The van der Waals surface area contributed by atoms with Gasteiger partial charge in [0.1, 0.15) is 0 Å². The predicted octanol–water partition coefficient (Wildman–Crippen LogP) is 2.00. The fraction of sp³-hybridized carbons (Fsp3) is 0.0909. The van der Waals surface area contributed by atoms with Crippen LogP contribution in [0.25, 0.3) is 10.9 Å². The number of carboxylic acids is 1. The number of H-pyrrole nitrogens is 1. The van der Waals surface area contributed by atoms with Gasteiger partial charge in [-0.25, -0.2) is 0 Å². The lowest BCUT2D eigenvalue weighted by Gasteiger charge is -1.94. The van der Waals surface area contributed by atoms with Crippen molar-refractivity contribution < 1.29 is 9.90 Å². The average Bonchev–Trinajstić information content (AvgIpc) is 2.58. The van der Waals surface area contributed by atoms with Crippen LogP contribution in [0.5, 0.6) is 0 Å². The molecule has 0 amide bonds. The standard InChI is InChI=1S/C11H10NO2/c13-11(14)6-5-8-7-12-10-4-2-1-3-9(8)10/h1-4,6-7,12H,5H2,(H,13,14). The van der Waals surface area contributed by atoms with Gasteiger partial charge in [0.15, 0.2) is 0 Å². The summed E-state index contributed by atoms with van der Waals surface area (Å²) in [6, 6.07) is 7.85. The molecular formula is C11H10NO2. The van der Waals surface area contributed by atoms with Crippen LogP contribution in [0.15, 0.2) is 30.5 Å². The summed E-state index contributed by atoms with van der Waals surface area (Å²) in [6.45, 7) is 0. The maximum absolute atomic E-state index is 10.4. The van der Waals surface area contributed by atoms with Crippen molar-refractivity contribution in [2.24, 2.45) is 0 Å². The van der Waals surface area contributed by atoms with E-state index in [0.717, 1.165) is 16.5 Å². The van der Waals surface area contributed by atoms with Crippen molar-refractivity contribution in [1.82, 2.24) is 4.98 Å². The molecule has 0 saturated heterocycles. The van der Waals surface area contributed by atoms with Crippen LogP contribution in [-0.4, -0.2) is 16.1 Å². The molecule has 2 N–H and O–H groups in total. The summed E-state index contributed by atoms with van der Waals surface area (Å²) in [5.74, 6) is -0.879. The Morgan fingerprint density at radius 2 is 2.21 bits per heavy atom. The van der Waals surface area contributed by atoms with Crippen LogP contribution in [0.4, 0.5) is 0 Å². The molecule has 71 valence electrons. The van der Waals surface area contributed by atoms with Gasteiger partial charge in [0.2, 0.25) is 0 Å². The van der Waals surface area contributed by atoms with Crippen molar-refractivity contribution in [3.63, 3.8) is 0 Å². The number of para-hydroxylation sites is 1. The van der Waals surface area contributed by atoms with E-state index in [4.69, 9.17) is 5.11 Å². The minimum atomic E-state index is -0.879. The van der Waals surface area contributed by atoms with Crippen LogP contribution >= 0.6 is 0 Å². The Labute approximate surface area is 81.4 Å². The van der Waals surface area contributed by atoms with Gasteiger partial charge in [-0.1, -0.05) is 18.2 Å². The highest BCUT2D eigenvalue weighted by atomic mass is 16.4. The summed E-state index contributed by atoms with van der Waals surface area (Å²) in [7, 11) is 0. The molecular weight excluding hydrogens is 178 g/mol. The summed E-state index contributed by atoms with van der Waals surface area (Å²) in [5, 5.41) is 9.61. The first kappa shape index (κ1) is 8.81. The molecule has 0 fully saturated rings. The van der Waals surface area contributed by atoms with Crippen LogP contribution in [0.1, 0.15) is 5.56 Å². The van der Waals surface area contributed by atoms with Crippen LogP contribution in [0.3, 0.4) is 0 Å². The first-order valence-corrected chi connectivity index (χ1v) is 4.38. The second kappa shape index (κ2) is 3.54. The summed E-state index contributed by atoms with van der Waals surface area (Å²) in [4.78, 5) is 13.5. The molecule has 0 aliphatic rings. The van der Waals surface area contributed by atoms with Gasteiger partial charge in [0.25, 0.3) is 0 Å². The number of hydrogen-bond acceptors (Lipinski definition) is 1. The van der Waals surface area contributed by atoms with E-state index in [1.54, 1.807) is 0 Å². The molecule has 0 aliphatic heterocycles. The number of carbonyl (C=O) groups is 1. The number of hydrogen-bond donors (Lipinski definition) is 2. The lowest BCUT2D eigenvalue weighted by molar-refractivity contribution is -0.133. The lowest BCUT2D eigenvalue weighted by Crippen LogP contribution is -1.97. The lowest BCUT2D eigenvalue weighted by atomic mass is 10.1. The van der Waals surface area contributed by atoms with Crippen molar-refractivity contribution >= 4 is 16.9 Å². The Balaban J connectivity index is 2.29. The van der Waals surface area contributed by atoms with Crippen LogP contribution < -0.4 is 0 Å². The van der Waals surface area contributed by atoms with E-state index in [2.05, 4.69) is 4.98 Å². The van der Waals surface area contributed by atoms with E-state index >= 15 is 0 Å². The molecule has 0 spiro atoms. The second-order valence-electron chi connectivity index (χ2n) is 3.11. The Morgan fingerprint density at radius 3 is 3.00 bits per heavy atom. The number of aliphatic carboxylic acids is 1. The van der Waals surface area contributed by atoms with E-state index in [0.29, 0.717) is 6.42 Å². The number of carboxylic acid groups (broad SMARTS) is 1. The highest BCUT2D eigenvalue weighted by Gasteiger charge is 2.04. The highest BCUT2D eigenvalue weighted by Crippen LogP contribution is 2.18. The maximum atomic E-state index is 10.4. The first-order chi connectivity index (χ1) is 6.77. The molecule has 0 aliphatic carbocycles. The highest BCUT2D eigenvalue weighted by molar-refractivity contribution is 5.85. The monoisotopic (exact) mass is 188 g/mol. The molecule has 2 rings (SSSR count). The first-order valence-electron chi connectivity index (χ1n) is 4.38. The SMILES string of the molecule is O=C(O)[CH]Cc1c[nH]c2ccccc12. The number of aromatic amines is 1. The third-order valence-electron chi connectivity index (χ3n) is 2.17. The van der Waals surface area contributed by atoms with Crippen LogP contribution in [0.2, 0.25) is 0 Å². The molecule has 1 heterocycles. The fourth-order valence-corrected chi connectivity index (χ4v) is 1.50. The van der Waals surface area contributed by atoms with Crippen LogP contribution in [0, 0.1) is 6.42 Å². The van der Waals surface area contributed by atoms with Gasteiger partial charge in [-0.05, 0) is 18.1 Å². The van der Waals surface area contributed by atoms with Gasteiger partial charge in [-0.3, -0.25) is 4.79 Å². The molecule has 2 aromatic rings. The number of rotatable bonds is 3. The largest absolute Gasteiger partial charge is 0.481 e. The molecule has 0 saturated carbocycles. The second-order valence-corrected chi connectivity index (χ2v) is 3.11. The Hall–Kier alpha value is -1.77. The number of benzene rings is 1. The van der Waals surface area contributed by atoms with Gasteiger partial charge in [-0.2, -0.15) is 0 Å². The van der Waals surface area contributed by atoms with E-state index in [1.807, 2.05) is 30.5 Å². The summed E-state index contributed by atoms with van der Waals surface area (Å²) in [5.41, 5.74) is 2.06. The third-order valence-corrected chi connectivity index (χ3v) is 2.17. The van der Waals surface area contributed by atoms with Crippen molar-refractivity contribution in [3.05, 3.63) is 42.4 Å². The minimum Gasteiger partial charge on any atom is -0.481 e. The quantitative estimate of drug-likeness (QED) is 0.774. The van der Waals surface area contributed by atoms with Crippen molar-refractivity contribution in [2.75, 3.05) is 0 Å². The minimum absolute atomic E-state index is 0.458. The zero-order valence-electron chi connectivity index (χ0n) is 7.53. The fourth-order valence-electron chi connectivity index (χ4n) is 1.50. The summed E-state index contributed by atoms with van der Waals surface area (Å²) in [6.07, 6.45) is 3.57. The van der Waals surface area contributed by atoms with Crippen molar-refractivity contribution in [1.29, 1.82) is 0 Å².